The summed E-state index contributed by atoms with van der Waals surface area (Å²) in [7, 11) is 3.20. The highest BCUT2D eigenvalue weighted by molar-refractivity contribution is 7.98. The Balaban J connectivity index is 2.49. The molecule has 0 amide bonds. The number of ether oxygens (including phenoxy) is 2. The minimum atomic E-state index is -0.266. The molecule has 15 heavy (non-hydrogen) atoms. The Morgan fingerprint density at radius 2 is 2.13 bits per heavy atom. The van der Waals surface area contributed by atoms with Crippen molar-refractivity contribution in [3.63, 3.8) is 0 Å². The van der Waals surface area contributed by atoms with Gasteiger partial charge in [-0.1, -0.05) is 0 Å². The number of rotatable bonds is 6. The Hall–Kier alpha value is -0.850. The zero-order chi connectivity index (χ0) is 11.1. The standard InChI is InChI=1S/C9H15N3O2S/c1-13-9(14-2)5-10-7-4-8(15-3)12-6-11-7/h4,6,9H,5H2,1-3H3,(H,10,11,12). The minimum absolute atomic E-state index is 0.266. The fourth-order valence-electron chi connectivity index (χ4n) is 0.999. The summed E-state index contributed by atoms with van der Waals surface area (Å²) < 4.78 is 10.1. The first kappa shape index (κ1) is 12.2. The highest BCUT2D eigenvalue weighted by atomic mass is 32.2. The van der Waals surface area contributed by atoms with Crippen molar-refractivity contribution in [2.75, 3.05) is 32.3 Å². The third-order valence-electron chi connectivity index (χ3n) is 1.83. The molecule has 0 saturated heterocycles. The van der Waals surface area contributed by atoms with E-state index in [0.29, 0.717) is 6.54 Å². The molecule has 0 radical (unpaired) electrons. The molecule has 1 N–H and O–H groups in total. The number of methoxy groups -OCH3 is 2. The lowest BCUT2D eigenvalue weighted by molar-refractivity contribution is -0.0914. The van der Waals surface area contributed by atoms with E-state index < -0.39 is 0 Å². The van der Waals surface area contributed by atoms with Gasteiger partial charge in [-0.2, -0.15) is 0 Å². The summed E-state index contributed by atoms with van der Waals surface area (Å²) in [6, 6.07) is 1.88. The van der Waals surface area contributed by atoms with Gasteiger partial charge in [-0.15, -0.1) is 11.8 Å². The summed E-state index contributed by atoms with van der Waals surface area (Å²) in [5.74, 6) is 0.772. The SMILES string of the molecule is COC(CNc1cc(SC)ncn1)OC. The lowest BCUT2D eigenvalue weighted by Gasteiger charge is -2.14. The number of anilines is 1. The molecule has 0 saturated carbocycles. The number of nitrogens with zero attached hydrogens (tertiary/aromatic N) is 2. The molecule has 0 fully saturated rings. The summed E-state index contributed by atoms with van der Waals surface area (Å²) in [4.78, 5) is 8.16. The molecule has 0 aliphatic carbocycles. The van der Waals surface area contributed by atoms with Gasteiger partial charge in [-0.3, -0.25) is 0 Å². The first-order chi connectivity index (χ1) is 7.30. The number of aromatic nitrogens is 2. The minimum Gasteiger partial charge on any atom is -0.365 e. The lowest BCUT2D eigenvalue weighted by Crippen LogP contribution is -2.24. The molecule has 0 aliphatic heterocycles. The van der Waals surface area contributed by atoms with Crippen molar-refractivity contribution in [1.29, 1.82) is 0 Å². The molecular formula is C9H15N3O2S. The van der Waals surface area contributed by atoms with Gasteiger partial charge >= 0.3 is 0 Å². The number of hydrogen-bond donors (Lipinski definition) is 1. The first-order valence-electron chi connectivity index (χ1n) is 4.45. The maximum absolute atomic E-state index is 5.04. The monoisotopic (exact) mass is 229 g/mol. The molecule has 6 heteroatoms. The van der Waals surface area contributed by atoms with Crippen molar-refractivity contribution in [1.82, 2.24) is 9.97 Å². The quantitative estimate of drug-likeness (QED) is 0.450. The third-order valence-corrected chi connectivity index (χ3v) is 2.47. The van der Waals surface area contributed by atoms with Crippen LogP contribution in [0.3, 0.4) is 0 Å². The summed E-state index contributed by atoms with van der Waals surface area (Å²) in [6.45, 7) is 0.553. The average molecular weight is 229 g/mol. The Labute approximate surface area is 93.6 Å². The molecule has 1 aromatic rings. The highest BCUT2D eigenvalue weighted by Crippen LogP contribution is 2.13. The van der Waals surface area contributed by atoms with Gasteiger partial charge in [-0.25, -0.2) is 9.97 Å². The van der Waals surface area contributed by atoms with Crippen LogP contribution in [0.2, 0.25) is 0 Å². The molecule has 0 aromatic carbocycles. The van der Waals surface area contributed by atoms with Gasteiger partial charge in [-0.05, 0) is 6.26 Å². The van der Waals surface area contributed by atoms with E-state index in [1.165, 1.54) is 6.33 Å². The Bertz CT molecular complexity index is 294. The molecule has 0 aliphatic rings. The highest BCUT2D eigenvalue weighted by Gasteiger charge is 2.05. The van der Waals surface area contributed by atoms with Gasteiger partial charge in [0.05, 0.1) is 6.54 Å². The van der Waals surface area contributed by atoms with Crippen LogP contribution in [-0.4, -0.2) is 43.3 Å². The molecule has 0 bridgehead atoms. The third kappa shape index (κ3) is 4.03. The van der Waals surface area contributed by atoms with Crippen LogP contribution in [0.25, 0.3) is 0 Å². The van der Waals surface area contributed by atoms with Gasteiger partial charge in [0.2, 0.25) is 0 Å². The summed E-state index contributed by atoms with van der Waals surface area (Å²) >= 11 is 1.58. The Morgan fingerprint density at radius 3 is 2.73 bits per heavy atom. The van der Waals surface area contributed by atoms with Gasteiger partial charge in [0.25, 0.3) is 0 Å². The maximum Gasteiger partial charge on any atom is 0.173 e. The second kappa shape index (κ2) is 6.60. The predicted octanol–water partition coefficient (Wildman–Crippen LogP) is 1.23. The van der Waals surface area contributed by atoms with Crippen LogP contribution >= 0.6 is 11.8 Å². The number of nitrogens with one attached hydrogen (secondary N) is 1. The lowest BCUT2D eigenvalue weighted by atomic mass is 10.5. The van der Waals surface area contributed by atoms with Gasteiger partial charge in [0.15, 0.2) is 6.29 Å². The van der Waals surface area contributed by atoms with Gasteiger partial charge in [0.1, 0.15) is 17.2 Å². The van der Waals surface area contributed by atoms with Crippen molar-refractivity contribution in [3.05, 3.63) is 12.4 Å². The molecule has 1 heterocycles. The predicted molar refractivity (Wildman–Crippen MR) is 60.1 cm³/mol. The first-order valence-corrected chi connectivity index (χ1v) is 5.68. The van der Waals surface area contributed by atoms with Crippen LogP contribution in [-0.2, 0) is 9.47 Å². The van der Waals surface area contributed by atoms with E-state index in [4.69, 9.17) is 9.47 Å². The smallest absolute Gasteiger partial charge is 0.173 e. The molecule has 0 spiro atoms. The average Bonchev–Trinajstić information content (AvgIpc) is 2.31. The summed E-state index contributed by atoms with van der Waals surface area (Å²) in [5.41, 5.74) is 0. The van der Waals surface area contributed by atoms with E-state index in [1.807, 2.05) is 12.3 Å². The van der Waals surface area contributed by atoms with Crippen LogP contribution in [0.15, 0.2) is 17.4 Å². The second-order valence-corrected chi connectivity index (χ2v) is 3.55. The van der Waals surface area contributed by atoms with Crippen LogP contribution in [0, 0.1) is 0 Å². The van der Waals surface area contributed by atoms with Gasteiger partial charge < -0.3 is 14.8 Å². The van der Waals surface area contributed by atoms with Crippen LogP contribution in [0.1, 0.15) is 0 Å². The van der Waals surface area contributed by atoms with Crippen molar-refractivity contribution in [2.45, 2.75) is 11.3 Å². The van der Waals surface area contributed by atoms with Crippen molar-refractivity contribution in [2.24, 2.45) is 0 Å². The van der Waals surface area contributed by atoms with E-state index in [-0.39, 0.29) is 6.29 Å². The normalized spacial score (nSPS) is 10.7. The van der Waals surface area contributed by atoms with E-state index in [2.05, 4.69) is 15.3 Å². The Morgan fingerprint density at radius 1 is 1.40 bits per heavy atom. The van der Waals surface area contributed by atoms with Crippen LogP contribution in [0.4, 0.5) is 5.82 Å². The summed E-state index contributed by atoms with van der Waals surface area (Å²) in [5, 5.41) is 4.04. The number of hydrogen-bond acceptors (Lipinski definition) is 6. The molecule has 84 valence electrons. The topological polar surface area (TPSA) is 56.3 Å². The van der Waals surface area contributed by atoms with Crippen LogP contribution < -0.4 is 5.32 Å². The molecule has 0 atom stereocenters. The van der Waals surface area contributed by atoms with Gasteiger partial charge in [0, 0.05) is 20.3 Å². The van der Waals surface area contributed by atoms with Crippen LogP contribution in [0.5, 0.6) is 0 Å². The molecular weight excluding hydrogens is 214 g/mol. The maximum atomic E-state index is 5.04. The fourth-order valence-corrected chi connectivity index (χ4v) is 1.38. The molecule has 0 unspecified atom stereocenters. The molecule has 1 rings (SSSR count). The van der Waals surface area contributed by atoms with Crippen molar-refractivity contribution < 1.29 is 9.47 Å². The summed E-state index contributed by atoms with van der Waals surface area (Å²) in [6.07, 6.45) is 3.24. The van der Waals surface area contributed by atoms with Crippen molar-refractivity contribution in [3.8, 4) is 0 Å². The van der Waals surface area contributed by atoms with E-state index >= 15 is 0 Å². The van der Waals surface area contributed by atoms with E-state index in [1.54, 1.807) is 26.0 Å². The molecule has 5 nitrogen and oxygen atoms in total. The zero-order valence-electron chi connectivity index (χ0n) is 9.06. The fraction of sp³-hybridized carbons (Fsp3) is 0.556. The zero-order valence-corrected chi connectivity index (χ0v) is 9.87. The van der Waals surface area contributed by atoms with E-state index in [9.17, 15) is 0 Å². The number of thioether (sulfide) groups is 1. The Kier molecular flexibility index (Phi) is 5.38. The van der Waals surface area contributed by atoms with Crippen molar-refractivity contribution >= 4 is 17.6 Å². The van der Waals surface area contributed by atoms with E-state index in [0.717, 1.165) is 10.8 Å². The molecule has 1 aromatic heterocycles. The largest absolute Gasteiger partial charge is 0.365 e. The second-order valence-electron chi connectivity index (χ2n) is 2.73.